The van der Waals surface area contributed by atoms with Gasteiger partial charge < -0.3 is 16.0 Å². The van der Waals surface area contributed by atoms with Gasteiger partial charge in [-0.2, -0.15) is 0 Å². The summed E-state index contributed by atoms with van der Waals surface area (Å²) in [5.41, 5.74) is 0. The van der Waals surface area contributed by atoms with Gasteiger partial charge in [-0.25, -0.2) is 14.6 Å². The van der Waals surface area contributed by atoms with Gasteiger partial charge >= 0.3 is 6.03 Å². The number of hydrogen-bond donors (Lipinski definition) is 3. The topological polar surface area (TPSA) is 99.7 Å². The molecule has 0 aromatic heterocycles. The number of rotatable bonds is 25. The predicted octanol–water partition coefficient (Wildman–Crippen LogP) is 9.92. The normalized spacial score (nSPS) is 22.8. The van der Waals surface area contributed by atoms with Crippen LogP contribution >= 0.6 is 0 Å². The van der Waals surface area contributed by atoms with Gasteiger partial charge in [0, 0.05) is 12.6 Å². The van der Waals surface area contributed by atoms with Crippen LogP contribution in [0.4, 0.5) is 4.79 Å². The molecule has 0 spiro atoms. The van der Waals surface area contributed by atoms with Crippen molar-refractivity contribution in [1.82, 2.24) is 16.0 Å². The number of nitrogens with one attached hydrogen (secondary N) is 3. The second kappa shape index (κ2) is 26.1. The second-order valence-electron chi connectivity index (χ2n) is 14.9. The van der Waals surface area contributed by atoms with Crippen molar-refractivity contribution < 1.29 is 14.4 Å². The van der Waals surface area contributed by atoms with Crippen molar-refractivity contribution in [2.24, 2.45) is 22.7 Å². The molecular weight excluding hydrogens is 572 g/mol. The molecule has 0 unspecified atom stereocenters. The van der Waals surface area contributed by atoms with Crippen LogP contribution in [0, 0.1) is 17.8 Å². The molecule has 0 bridgehead atoms. The molecule has 2 rings (SSSR count). The van der Waals surface area contributed by atoms with E-state index in [-0.39, 0.29) is 29.9 Å². The van der Waals surface area contributed by atoms with Gasteiger partial charge in [0.05, 0.1) is 6.04 Å². The minimum absolute atomic E-state index is 0.0530. The molecule has 7 nitrogen and oxygen atoms in total. The van der Waals surface area contributed by atoms with E-state index in [0.717, 1.165) is 82.5 Å². The summed E-state index contributed by atoms with van der Waals surface area (Å²) in [5.74, 6) is 1.49. The lowest BCUT2D eigenvalue weighted by Gasteiger charge is -2.33. The van der Waals surface area contributed by atoms with E-state index in [9.17, 15) is 14.4 Å². The SMILES string of the molecule is CCCCCCCCCCCCCCCCCCNC(=O)[C@@H](NC(=O)NC1CCC(CC2CCC(N=C=O)CC2)CC1)[C@@H](C)CC. The fraction of sp³-hybridized carbons (Fsp3) is 0.923. The molecule has 0 aromatic rings. The van der Waals surface area contributed by atoms with Crippen molar-refractivity contribution in [2.75, 3.05) is 6.54 Å². The van der Waals surface area contributed by atoms with Crippen LogP contribution in [0.2, 0.25) is 0 Å². The minimum atomic E-state index is -0.499. The van der Waals surface area contributed by atoms with Crippen LogP contribution in [0.3, 0.4) is 0 Å². The van der Waals surface area contributed by atoms with Crippen LogP contribution in [-0.4, -0.2) is 42.7 Å². The van der Waals surface area contributed by atoms with Gasteiger partial charge in [0.25, 0.3) is 0 Å². The highest BCUT2D eigenvalue weighted by Gasteiger charge is 2.29. The molecule has 3 amide bonds. The molecular formula is C39H72N4O3. The average molecular weight is 645 g/mol. The molecule has 0 radical (unpaired) electrons. The largest absolute Gasteiger partial charge is 0.354 e. The van der Waals surface area contributed by atoms with E-state index in [1.54, 1.807) is 6.08 Å². The van der Waals surface area contributed by atoms with E-state index >= 15 is 0 Å². The summed E-state index contributed by atoms with van der Waals surface area (Å²) >= 11 is 0. The van der Waals surface area contributed by atoms with Crippen LogP contribution in [-0.2, 0) is 9.59 Å². The number of urea groups is 1. The monoisotopic (exact) mass is 645 g/mol. The van der Waals surface area contributed by atoms with Crippen LogP contribution in [0.25, 0.3) is 0 Å². The fourth-order valence-electron chi connectivity index (χ4n) is 7.66. The molecule has 46 heavy (non-hydrogen) atoms. The second-order valence-corrected chi connectivity index (χ2v) is 14.9. The van der Waals surface area contributed by atoms with Crippen molar-refractivity contribution in [1.29, 1.82) is 0 Å². The summed E-state index contributed by atoms with van der Waals surface area (Å²) in [7, 11) is 0. The van der Waals surface area contributed by atoms with Gasteiger partial charge in [0.1, 0.15) is 6.04 Å². The highest BCUT2D eigenvalue weighted by atomic mass is 16.2. The summed E-state index contributed by atoms with van der Waals surface area (Å²) in [6.07, 6.45) is 33.9. The van der Waals surface area contributed by atoms with Crippen molar-refractivity contribution in [3.8, 4) is 0 Å². The van der Waals surface area contributed by atoms with Gasteiger partial charge in [0.2, 0.25) is 12.0 Å². The lowest BCUT2D eigenvalue weighted by atomic mass is 9.76. The van der Waals surface area contributed by atoms with Gasteiger partial charge in [0.15, 0.2) is 0 Å². The Labute approximate surface area is 283 Å². The van der Waals surface area contributed by atoms with E-state index < -0.39 is 6.04 Å². The molecule has 2 aliphatic carbocycles. The quantitative estimate of drug-likeness (QED) is 0.0524. The summed E-state index contributed by atoms with van der Waals surface area (Å²) in [4.78, 5) is 40.4. The van der Waals surface area contributed by atoms with Crippen molar-refractivity contribution in [3.05, 3.63) is 0 Å². The molecule has 7 heteroatoms. The third kappa shape index (κ3) is 18.5. The molecule has 2 saturated carbocycles. The van der Waals surface area contributed by atoms with Crippen molar-refractivity contribution >= 4 is 18.0 Å². The van der Waals surface area contributed by atoms with E-state index in [0.29, 0.717) is 6.54 Å². The zero-order valence-electron chi connectivity index (χ0n) is 30.2. The summed E-state index contributed by atoms with van der Waals surface area (Å²) in [6, 6.07) is -0.339. The number of nitrogens with zero attached hydrogens (tertiary/aromatic N) is 1. The number of hydrogen-bond acceptors (Lipinski definition) is 4. The van der Waals surface area contributed by atoms with Gasteiger partial charge in [-0.3, -0.25) is 4.79 Å². The number of amides is 3. The highest BCUT2D eigenvalue weighted by Crippen LogP contribution is 2.36. The molecule has 0 heterocycles. The lowest BCUT2D eigenvalue weighted by Crippen LogP contribution is -2.54. The first-order valence-corrected chi connectivity index (χ1v) is 19.9. The molecule has 0 aliphatic heterocycles. The Balaban J connectivity index is 1.50. The molecule has 3 N–H and O–H groups in total. The first-order chi connectivity index (χ1) is 22.5. The lowest BCUT2D eigenvalue weighted by molar-refractivity contribution is -0.124. The number of carbonyl (C=O) groups is 2. The first-order valence-electron chi connectivity index (χ1n) is 19.9. The Hall–Kier alpha value is -1.88. The molecule has 266 valence electrons. The first kappa shape index (κ1) is 40.3. The summed E-state index contributed by atoms with van der Waals surface area (Å²) < 4.78 is 0. The Morgan fingerprint density at radius 1 is 0.696 bits per heavy atom. The van der Waals surface area contributed by atoms with Crippen LogP contribution in [0.5, 0.6) is 0 Å². The highest BCUT2D eigenvalue weighted by molar-refractivity contribution is 5.87. The predicted molar refractivity (Wildman–Crippen MR) is 192 cm³/mol. The van der Waals surface area contributed by atoms with Crippen LogP contribution in [0.1, 0.15) is 188 Å². The number of isocyanates is 1. The standard InChI is InChI=1S/C39H72N4O3/c1-4-6-7-8-9-10-11-12-13-14-15-16-17-18-19-20-29-40-38(45)37(32(3)5-2)43-39(46)42-36-27-23-34(24-28-36)30-33-21-25-35(26-22-33)41-31-44/h32-37H,4-30H2,1-3H3,(H,40,45)(H2,42,43,46)/t32-,33?,34?,35?,36?,37-/m0/s1. The molecule has 2 aliphatic rings. The zero-order valence-corrected chi connectivity index (χ0v) is 30.2. The van der Waals surface area contributed by atoms with E-state index in [2.05, 4.69) is 34.8 Å². The van der Waals surface area contributed by atoms with Crippen LogP contribution in [0.15, 0.2) is 4.99 Å². The zero-order chi connectivity index (χ0) is 33.2. The number of unbranched alkanes of at least 4 members (excludes halogenated alkanes) is 15. The van der Waals surface area contributed by atoms with E-state index in [4.69, 9.17) is 0 Å². The Morgan fingerprint density at radius 3 is 1.65 bits per heavy atom. The minimum Gasteiger partial charge on any atom is -0.354 e. The third-order valence-electron chi connectivity index (χ3n) is 11.0. The number of aliphatic imine (C=N–C) groups is 1. The third-order valence-corrected chi connectivity index (χ3v) is 11.0. The maximum atomic E-state index is 13.0. The smallest absolute Gasteiger partial charge is 0.315 e. The van der Waals surface area contributed by atoms with Crippen molar-refractivity contribution in [3.63, 3.8) is 0 Å². The molecule has 0 saturated heterocycles. The fourth-order valence-corrected chi connectivity index (χ4v) is 7.66. The van der Waals surface area contributed by atoms with Crippen LogP contribution < -0.4 is 16.0 Å². The van der Waals surface area contributed by atoms with Gasteiger partial charge in [-0.05, 0) is 82.0 Å². The Bertz CT molecular complexity index is 829. The maximum Gasteiger partial charge on any atom is 0.315 e. The maximum absolute atomic E-state index is 13.0. The molecule has 0 aromatic carbocycles. The summed E-state index contributed by atoms with van der Waals surface area (Å²) in [5, 5.41) is 9.29. The Morgan fingerprint density at radius 2 is 1.17 bits per heavy atom. The molecule has 2 atom stereocenters. The van der Waals surface area contributed by atoms with E-state index in [1.807, 2.05) is 6.92 Å². The van der Waals surface area contributed by atoms with Gasteiger partial charge in [-0.15, -0.1) is 0 Å². The Kier molecular flexibility index (Phi) is 22.9. The van der Waals surface area contributed by atoms with Crippen molar-refractivity contribution in [2.45, 2.75) is 206 Å². The van der Waals surface area contributed by atoms with Gasteiger partial charge in [-0.1, -0.05) is 124 Å². The molecule has 2 fully saturated rings. The summed E-state index contributed by atoms with van der Waals surface area (Å²) in [6.45, 7) is 7.08. The number of carbonyl (C=O) groups excluding carboxylic acids is 3. The van der Waals surface area contributed by atoms with E-state index in [1.165, 1.54) is 96.3 Å². The average Bonchev–Trinajstić information content (AvgIpc) is 3.06.